The summed E-state index contributed by atoms with van der Waals surface area (Å²) in [5.74, 6) is 0.0266. The molecule has 5 nitrogen and oxygen atoms in total. The van der Waals surface area contributed by atoms with E-state index in [-0.39, 0.29) is 12.4 Å². The molecule has 1 aliphatic heterocycles. The van der Waals surface area contributed by atoms with E-state index in [1.165, 1.54) is 16.4 Å². The zero-order valence-electron chi connectivity index (χ0n) is 12.2. The van der Waals surface area contributed by atoms with Crippen molar-refractivity contribution in [3.8, 4) is 0 Å². The maximum atomic E-state index is 12.8. The van der Waals surface area contributed by atoms with Crippen LogP contribution in [0.1, 0.15) is 18.4 Å². The van der Waals surface area contributed by atoms with E-state index in [4.69, 9.17) is 0 Å². The second-order valence-corrected chi connectivity index (χ2v) is 7.13. The molecular formula is C14H22FN3O2S. The molecule has 1 unspecified atom stereocenters. The molecule has 2 rings (SSSR count). The summed E-state index contributed by atoms with van der Waals surface area (Å²) in [6, 6.07) is 5.82. The Balaban J connectivity index is 1.93. The van der Waals surface area contributed by atoms with Crippen LogP contribution >= 0.6 is 0 Å². The molecule has 1 aromatic rings. The Bertz CT molecular complexity index is 546. The maximum Gasteiger partial charge on any atom is 0.279 e. The van der Waals surface area contributed by atoms with Gasteiger partial charge in [0.25, 0.3) is 10.2 Å². The molecule has 1 fully saturated rings. The molecule has 7 heteroatoms. The fourth-order valence-electron chi connectivity index (χ4n) is 2.57. The Hall–Kier alpha value is -1.02. The molecule has 0 amide bonds. The molecule has 0 bridgehead atoms. The molecule has 0 aromatic heterocycles. The van der Waals surface area contributed by atoms with E-state index in [9.17, 15) is 12.8 Å². The Morgan fingerprint density at radius 1 is 1.33 bits per heavy atom. The van der Waals surface area contributed by atoms with Crippen molar-refractivity contribution in [1.29, 1.82) is 0 Å². The number of nitrogens with one attached hydrogen (secondary N) is 2. The first kappa shape index (κ1) is 16.4. The van der Waals surface area contributed by atoms with Crippen molar-refractivity contribution in [2.24, 2.45) is 5.92 Å². The number of halogens is 1. The van der Waals surface area contributed by atoms with E-state index in [1.54, 1.807) is 12.1 Å². The van der Waals surface area contributed by atoms with Gasteiger partial charge in [-0.3, -0.25) is 0 Å². The van der Waals surface area contributed by atoms with Gasteiger partial charge in [0.05, 0.1) is 0 Å². The topological polar surface area (TPSA) is 61.4 Å². The normalized spacial score (nSPS) is 20.6. The van der Waals surface area contributed by atoms with Gasteiger partial charge in [0.15, 0.2) is 0 Å². The smallest absolute Gasteiger partial charge is 0.279 e. The molecule has 118 valence electrons. The fourth-order valence-corrected chi connectivity index (χ4v) is 3.88. The second-order valence-electron chi connectivity index (χ2n) is 5.38. The molecule has 0 radical (unpaired) electrons. The van der Waals surface area contributed by atoms with Gasteiger partial charge in [-0.2, -0.15) is 17.4 Å². The minimum Gasteiger partial charge on any atom is -0.319 e. The lowest BCUT2D eigenvalue weighted by atomic mass is 10.00. The van der Waals surface area contributed by atoms with E-state index in [1.807, 2.05) is 7.05 Å². The highest BCUT2D eigenvalue weighted by atomic mass is 32.2. The number of hydrogen-bond donors (Lipinski definition) is 2. The largest absolute Gasteiger partial charge is 0.319 e. The zero-order valence-corrected chi connectivity index (χ0v) is 13.0. The average Bonchev–Trinajstić information content (AvgIpc) is 2.47. The first-order chi connectivity index (χ1) is 10.0. The molecule has 0 aliphatic carbocycles. The number of benzene rings is 1. The van der Waals surface area contributed by atoms with Gasteiger partial charge in [-0.25, -0.2) is 4.39 Å². The van der Waals surface area contributed by atoms with Crippen LogP contribution in [0.25, 0.3) is 0 Å². The van der Waals surface area contributed by atoms with Crippen molar-refractivity contribution in [1.82, 2.24) is 14.3 Å². The van der Waals surface area contributed by atoms with Crippen molar-refractivity contribution in [2.45, 2.75) is 19.4 Å². The van der Waals surface area contributed by atoms with Crippen LogP contribution in [-0.4, -0.2) is 39.4 Å². The zero-order chi connectivity index (χ0) is 15.3. The van der Waals surface area contributed by atoms with Gasteiger partial charge in [0.2, 0.25) is 0 Å². The van der Waals surface area contributed by atoms with Crippen LogP contribution in [0.3, 0.4) is 0 Å². The summed E-state index contributed by atoms with van der Waals surface area (Å²) < 4.78 is 41.5. The summed E-state index contributed by atoms with van der Waals surface area (Å²) in [4.78, 5) is 0. The lowest BCUT2D eigenvalue weighted by Gasteiger charge is -2.31. The molecule has 1 heterocycles. The molecule has 1 aliphatic rings. The lowest BCUT2D eigenvalue weighted by molar-refractivity contribution is 0.261. The second kappa shape index (κ2) is 7.31. The van der Waals surface area contributed by atoms with Gasteiger partial charge in [0, 0.05) is 19.6 Å². The van der Waals surface area contributed by atoms with Crippen LogP contribution in [-0.2, 0) is 16.8 Å². The average molecular weight is 315 g/mol. The van der Waals surface area contributed by atoms with Gasteiger partial charge in [-0.15, -0.1) is 0 Å². The number of nitrogens with zero attached hydrogens (tertiary/aromatic N) is 1. The van der Waals surface area contributed by atoms with Crippen molar-refractivity contribution < 1.29 is 12.8 Å². The van der Waals surface area contributed by atoms with Crippen LogP contribution in [0.4, 0.5) is 4.39 Å². The van der Waals surface area contributed by atoms with E-state index in [0.29, 0.717) is 19.0 Å². The van der Waals surface area contributed by atoms with Gasteiger partial charge >= 0.3 is 0 Å². The van der Waals surface area contributed by atoms with Crippen LogP contribution in [0.5, 0.6) is 0 Å². The summed E-state index contributed by atoms with van der Waals surface area (Å²) in [7, 11) is -1.61. The molecule has 1 saturated heterocycles. The third-order valence-corrected chi connectivity index (χ3v) is 5.21. The monoisotopic (exact) mass is 315 g/mol. The molecule has 0 saturated carbocycles. The third-order valence-electron chi connectivity index (χ3n) is 3.69. The minimum atomic E-state index is -3.48. The fraction of sp³-hybridized carbons (Fsp3) is 0.571. The summed E-state index contributed by atoms with van der Waals surface area (Å²) >= 11 is 0. The van der Waals surface area contributed by atoms with Crippen LogP contribution < -0.4 is 10.0 Å². The van der Waals surface area contributed by atoms with Gasteiger partial charge in [-0.1, -0.05) is 12.1 Å². The number of hydrogen-bond acceptors (Lipinski definition) is 3. The highest BCUT2D eigenvalue weighted by Crippen LogP contribution is 2.18. The first-order valence-electron chi connectivity index (χ1n) is 7.15. The summed E-state index contributed by atoms with van der Waals surface area (Å²) in [6.07, 6.45) is 1.93. The quantitative estimate of drug-likeness (QED) is 0.826. The number of rotatable bonds is 6. The Morgan fingerprint density at radius 2 is 2.05 bits per heavy atom. The molecule has 1 aromatic carbocycles. The van der Waals surface area contributed by atoms with E-state index >= 15 is 0 Å². The van der Waals surface area contributed by atoms with Gasteiger partial charge in [0.1, 0.15) is 5.82 Å². The predicted octanol–water partition coefficient (Wildman–Crippen LogP) is 1.09. The Labute approximate surface area is 125 Å². The summed E-state index contributed by atoms with van der Waals surface area (Å²) in [5, 5.41) is 3.10. The van der Waals surface area contributed by atoms with E-state index in [2.05, 4.69) is 10.0 Å². The highest BCUT2D eigenvalue weighted by Gasteiger charge is 2.28. The maximum absolute atomic E-state index is 12.8. The highest BCUT2D eigenvalue weighted by molar-refractivity contribution is 7.87. The lowest BCUT2D eigenvalue weighted by Crippen LogP contribution is -2.47. The third kappa shape index (κ3) is 4.74. The van der Waals surface area contributed by atoms with Crippen molar-refractivity contribution in [3.63, 3.8) is 0 Å². The van der Waals surface area contributed by atoms with Gasteiger partial charge in [-0.05, 0) is 50.0 Å². The molecule has 21 heavy (non-hydrogen) atoms. The molecule has 1 atom stereocenters. The Morgan fingerprint density at radius 3 is 2.71 bits per heavy atom. The van der Waals surface area contributed by atoms with Crippen LogP contribution in [0.2, 0.25) is 0 Å². The van der Waals surface area contributed by atoms with Gasteiger partial charge < -0.3 is 5.32 Å². The van der Waals surface area contributed by atoms with Crippen molar-refractivity contribution >= 4 is 10.2 Å². The molecule has 0 spiro atoms. The predicted molar refractivity (Wildman–Crippen MR) is 80.4 cm³/mol. The summed E-state index contributed by atoms with van der Waals surface area (Å²) in [6.45, 7) is 2.10. The summed E-state index contributed by atoms with van der Waals surface area (Å²) in [5.41, 5.74) is 0.740. The standard InChI is InChI=1S/C14H22FN3O2S/c1-16-9-13-3-2-8-18(11-13)21(19,20)17-10-12-4-6-14(15)7-5-12/h4-7,13,16-17H,2-3,8-11H2,1H3. The van der Waals surface area contributed by atoms with Crippen molar-refractivity contribution in [2.75, 3.05) is 26.7 Å². The van der Waals surface area contributed by atoms with Crippen LogP contribution in [0, 0.1) is 11.7 Å². The van der Waals surface area contributed by atoms with E-state index in [0.717, 1.165) is 24.9 Å². The first-order valence-corrected chi connectivity index (χ1v) is 8.59. The van der Waals surface area contributed by atoms with E-state index < -0.39 is 10.2 Å². The SMILES string of the molecule is CNCC1CCCN(S(=O)(=O)NCc2ccc(F)cc2)C1. The molecular weight excluding hydrogens is 293 g/mol. The minimum absolute atomic E-state index is 0.176. The number of piperidine rings is 1. The Kier molecular flexibility index (Phi) is 5.69. The molecule has 2 N–H and O–H groups in total. The van der Waals surface area contributed by atoms with Crippen LogP contribution in [0.15, 0.2) is 24.3 Å². The van der Waals surface area contributed by atoms with Crippen molar-refractivity contribution in [3.05, 3.63) is 35.6 Å².